The summed E-state index contributed by atoms with van der Waals surface area (Å²) in [5.74, 6) is 0.0492. The molecule has 0 radical (unpaired) electrons. The Hall–Kier alpha value is -2.27. The smallest absolute Gasteiger partial charge is 0.185 e. The van der Waals surface area contributed by atoms with Gasteiger partial charge in [-0.25, -0.2) is 4.52 Å². The number of ketones is 1. The van der Waals surface area contributed by atoms with Gasteiger partial charge in [-0.05, 0) is 37.5 Å². The molecule has 0 spiro atoms. The highest BCUT2D eigenvalue weighted by Crippen LogP contribution is 2.30. The summed E-state index contributed by atoms with van der Waals surface area (Å²) in [5, 5.41) is 13.7. The number of nitrogens with zero attached hydrogens (tertiary/aromatic N) is 4. The van der Waals surface area contributed by atoms with Crippen molar-refractivity contribution in [2.24, 2.45) is 0 Å². The lowest BCUT2D eigenvalue weighted by Gasteiger charge is -2.13. The first-order valence-electron chi connectivity index (χ1n) is 7.19. The van der Waals surface area contributed by atoms with Crippen molar-refractivity contribution in [3.05, 3.63) is 46.4 Å². The molecule has 1 aromatic carbocycles. The molecule has 0 bridgehead atoms. The van der Waals surface area contributed by atoms with Crippen LogP contribution in [0, 0.1) is 6.92 Å². The SMILES string of the molecule is Cc1nn2c3c(nnc2c1-c1cccc(Cl)c1)C(=O)CCC3. The highest BCUT2D eigenvalue weighted by Gasteiger charge is 2.25. The normalized spacial score (nSPS) is 14.4. The first-order valence-corrected chi connectivity index (χ1v) is 7.57. The van der Waals surface area contributed by atoms with Crippen molar-refractivity contribution < 1.29 is 4.79 Å². The van der Waals surface area contributed by atoms with E-state index in [0.717, 1.165) is 35.4 Å². The van der Waals surface area contributed by atoms with Gasteiger partial charge in [-0.1, -0.05) is 23.7 Å². The summed E-state index contributed by atoms with van der Waals surface area (Å²) in [5.41, 5.74) is 4.71. The van der Waals surface area contributed by atoms with E-state index in [4.69, 9.17) is 11.6 Å². The first kappa shape index (κ1) is 13.4. The summed E-state index contributed by atoms with van der Waals surface area (Å²) < 4.78 is 1.77. The van der Waals surface area contributed by atoms with Crippen molar-refractivity contribution in [3.8, 4) is 11.1 Å². The summed E-state index contributed by atoms with van der Waals surface area (Å²) in [6, 6.07) is 7.59. The minimum Gasteiger partial charge on any atom is -0.292 e. The van der Waals surface area contributed by atoms with E-state index in [1.165, 1.54) is 0 Å². The minimum atomic E-state index is 0.0492. The second kappa shape index (κ2) is 4.88. The van der Waals surface area contributed by atoms with Gasteiger partial charge < -0.3 is 0 Å². The third-order valence-electron chi connectivity index (χ3n) is 4.00. The Morgan fingerprint density at radius 3 is 2.91 bits per heavy atom. The predicted molar refractivity (Wildman–Crippen MR) is 83.2 cm³/mol. The molecule has 6 heteroatoms. The molecule has 0 saturated heterocycles. The molecule has 3 aromatic rings. The van der Waals surface area contributed by atoms with Crippen LogP contribution in [0.2, 0.25) is 5.02 Å². The molecule has 0 N–H and O–H groups in total. The molecule has 0 amide bonds. The van der Waals surface area contributed by atoms with Crippen LogP contribution >= 0.6 is 11.6 Å². The zero-order valence-corrected chi connectivity index (χ0v) is 12.8. The highest BCUT2D eigenvalue weighted by atomic mass is 35.5. The molecule has 1 aliphatic carbocycles. The Morgan fingerprint density at radius 1 is 1.23 bits per heavy atom. The van der Waals surface area contributed by atoms with E-state index >= 15 is 0 Å². The highest BCUT2D eigenvalue weighted by molar-refractivity contribution is 6.30. The van der Waals surface area contributed by atoms with Gasteiger partial charge in [-0.15, -0.1) is 10.2 Å². The number of aromatic nitrogens is 4. The fourth-order valence-corrected chi connectivity index (χ4v) is 3.20. The van der Waals surface area contributed by atoms with E-state index in [2.05, 4.69) is 15.3 Å². The van der Waals surface area contributed by atoms with Gasteiger partial charge in [0.2, 0.25) is 0 Å². The number of hydrogen-bond acceptors (Lipinski definition) is 4. The first-order chi connectivity index (χ1) is 10.6. The topological polar surface area (TPSA) is 60.1 Å². The van der Waals surface area contributed by atoms with Crippen LogP contribution < -0.4 is 0 Å². The predicted octanol–water partition coefficient (Wildman–Crippen LogP) is 3.27. The van der Waals surface area contributed by atoms with Gasteiger partial charge in [0.1, 0.15) is 0 Å². The molecule has 4 rings (SSSR count). The van der Waals surface area contributed by atoms with Crippen molar-refractivity contribution in [2.75, 3.05) is 0 Å². The molecule has 0 aliphatic heterocycles. The zero-order valence-electron chi connectivity index (χ0n) is 12.0. The van der Waals surface area contributed by atoms with Crippen molar-refractivity contribution in [1.82, 2.24) is 19.8 Å². The summed E-state index contributed by atoms with van der Waals surface area (Å²) >= 11 is 6.09. The Balaban J connectivity index is 2.02. The van der Waals surface area contributed by atoms with Crippen LogP contribution in [0.15, 0.2) is 24.3 Å². The van der Waals surface area contributed by atoms with Crippen LogP contribution in [-0.4, -0.2) is 25.6 Å². The quantitative estimate of drug-likeness (QED) is 0.692. The molecule has 0 atom stereocenters. The molecule has 1 aliphatic rings. The van der Waals surface area contributed by atoms with E-state index in [1.807, 2.05) is 31.2 Å². The fraction of sp³-hybridized carbons (Fsp3) is 0.250. The number of benzene rings is 1. The van der Waals surface area contributed by atoms with Crippen molar-refractivity contribution in [2.45, 2.75) is 26.2 Å². The zero-order chi connectivity index (χ0) is 15.3. The number of halogens is 1. The van der Waals surface area contributed by atoms with Crippen LogP contribution in [-0.2, 0) is 6.42 Å². The molecular formula is C16H13ClN4O. The van der Waals surface area contributed by atoms with Crippen LogP contribution in [0.1, 0.15) is 34.7 Å². The van der Waals surface area contributed by atoms with Gasteiger partial charge >= 0.3 is 0 Å². The molecule has 5 nitrogen and oxygen atoms in total. The number of carbonyl (C=O) groups is 1. The Labute approximate surface area is 131 Å². The number of aryl methyl sites for hydroxylation is 2. The van der Waals surface area contributed by atoms with Crippen LogP contribution in [0.4, 0.5) is 0 Å². The van der Waals surface area contributed by atoms with Gasteiger partial charge in [0.05, 0.1) is 17.0 Å². The lowest BCUT2D eigenvalue weighted by molar-refractivity contribution is 0.0964. The summed E-state index contributed by atoms with van der Waals surface area (Å²) in [7, 11) is 0. The van der Waals surface area contributed by atoms with Crippen LogP contribution in [0.3, 0.4) is 0 Å². The summed E-state index contributed by atoms with van der Waals surface area (Å²) in [6.45, 7) is 1.93. The monoisotopic (exact) mass is 312 g/mol. The third kappa shape index (κ3) is 1.93. The standard InChI is InChI=1S/C16H13ClN4O/c1-9-14(10-4-2-5-11(17)8-10)16-19-18-15-12(21(16)20-9)6-3-7-13(15)22/h2,4-5,8H,3,6-7H2,1H3. The average Bonchev–Trinajstić information content (AvgIpc) is 2.84. The van der Waals surface area contributed by atoms with E-state index in [0.29, 0.717) is 22.8 Å². The molecule has 2 aromatic heterocycles. The van der Waals surface area contributed by atoms with Gasteiger partial charge in [-0.3, -0.25) is 4.79 Å². The second-order valence-electron chi connectivity index (χ2n) is 5.48. The van der Waals surface area contributed by atoms with Crippen molar-refractivity contribution in [3.63, 3.8) is 0 Å². The maximum absolute atomic E-state index is 12.0. The van der Waals surface area contributed by atoms with E-state index in [1.54, 1.807) is 4.52 Å². The van der Waals surface area contributed by atoms with E-state index in [9.17, 15) is 4.79 Å². The molecule has 0 unspecified atom stereocenters. The molecule has 0 fully saturated rings. The van der Waals surface area contributed by atoms with Crippen molar-refractivity contribution >= 4 is 23.0 Å². The van der Waals surface area contributed by atoms with Crippen LogP contribution in [0.5, 0.6) is 0 Å². The fourth-order valence-electron chi connectivity index (χ4n) is 3.01. The van der Waals surface area contributed by atoms with Crippen LogP contribution in [0.25, 0.3) is 16.8 Å². The maximum atomic E-state index is 12.0. The third-order valence-corrected chi connectivity index (χ3v) is 4.24. The van der Waals surface area contributed by atoms with E-state index < -0.39 is 0 Å². The lowest BCUT2D eigenvalue weighted by atomic mass is 9.99. The number of hydrogen-bond donors (Lipinski definition) is 0. The van der Waals surface area contributed by atoms with Gasteiger partial charge in [0, 0.05) is 11.4 Å². The largest absolute Gasteiger partial charge is 0.292 e. The number of Topliss-reactive ketones (excluding diaryl/α,β-unsaturated/α-hetero) is 1. The second-order valence-corrected chi connectivity index (χ2v) is 5.91. The average molecular weight is 313 g/mol. The van der Waals surface area contributed by atoms with Gasteiger partial charge in [0.25, 0.3) is 0 Å². The number of fused-ring (bicyclic) bond motifs is 3. The van der Waals surface area contributed by atoms with Gasteiger partial charge in [0.15, 0.2) is 17.1 Å². The maximum Gasteiger partial charge on any atom is 0.185 e. The minimum absolute atomic E-state index is 0.0492. The Kier molecular flexibility index (Phi) is 2.97. The summed E-state index contributed by atoms with van der Waals surface area (Å²) in [4.78, 5) is 12.0. The molecular weight excluding hydrogens is 300 g/mol. The van der Waals surface area contributed by atoms with Gasteiger partial charge in [-0.2, -0.15) is 5.10 Å². The molecule has 0 saturated carbocycles. The molecule has 2 heterocycles. The van der Waals surface area contributed by atoms with E-state index in [-0.39, 0.29) is 5.78 Å². The number of rotatable bonds is 1. The van der Waals surface area contributed by atoms with Crippen molar-refractivity contribution in [1.29, 1.82) is 0 Å². The molecule has 22 heavy (non-hydrogen) atoms. The summed E-state index contributed by atoms with van der Waals surface area (Å²) in [6.07, 6.45) is 2.16. The Morgan fingerprint density at radius 2 is 2.09 bits per heavy atom. The number of carbonyl (C=O) groups excluding carboxylic acids is 1. The lowest BCUT2D eigenvalue weighted by Crippen LogP contribution is -2.18. The molecule has 110 valence electrons. The Bertz CT molecular complexity index is 916.